The lowest BCUT2D eigenvalue weighted by molar-refractivity contribution is -0.0512. The van der Waals surface area contributed by atoms with Crippen LogP contribution in [-0.4, -0.2) is 50.7 Å². The Bertz CT molecular complexity index is 526. The van der Waals surface area contributed by atoms with Crippen molar-refractivity contribution in [3.05, 3.63) is 23.8 Å². The number of ether oxygens (including phenoxy) is 2. The fourth-order valence-electron chi connectivity index (χ4n) is 2.58. The van der Waals surface area contributed by atoms with Crippen molar-refractivity contribution < 1.29 is 23.0 Å². The van der Waals surface area contributed by atoms with Gasteiger partial charge in [0.2, 0.25) is 0 Å². The molecule has 1 aromatic carbocycles. The van der Waals surface area contributed by atoms with Gasteiger partial charge in [-0.1, -0.05) is 0 Å². The Labute approximate surface area is 128 Å². The molecule has 0 saturated carbocycles. The van der Waals surface area contributed by atoms with Crippen LogP contribution in [0.5, 0.6) is 11.5 Å². The summed E-state index contributed by atoms with van der Waals surface area (Å²) < 4.78 is 34.3. The van der Waals surface area contributed by atoms with Crippen molar-refractivity contribution in [2.45, 2.75) is 25.5 Å². The normalized spacial score (nSPS) is 18.4. The molecule has 1 aromatic rings. The Kier molecular flexibility index (Phi) is 5.54. The monoisotopic (exact) mass is 314 g/mol. The zero-order valence-electron chi connectivity index (χ0n) is 12.6. The molecule has 1 amide bonds. The number of likely N-dealkylation sites (tertiary alicyclic amines) is 1. The molecule has 5 nitrogen and oxygen atoms in total. The van der Waals surface area contributed by atoms with Gasteiger partial charge in [0.15, 0.2) is 11.5 Å². The molecule has 1 heterocycles. The first-order valence-corrected chi connectivity index (χ1v) is 7.14. The predicted molar refractivity (Wildman–Crippen MR) is 77.6 cm³/mol. The highest BCUT2D eigenvalue weighted by atomic mass is 19.3. The number of likely N-dealkylation sites (N-methyl/N-ethyl adjacent to an activating group) is 1. The minimum Gasteiger partial charge on any atom is -0.493 e. The number of hydrogen-bond donors (Lipinski definition) is 1. The average molecular weight is 314 g/mol. The summed E-state index contributed by atoms with van der Waals surface area (Å²) in [6.45, 7) is -1.71. The number of amides is 1. The fourth-order valence-corrected chi connectivity index (χ4v) is 2.58. The molecule has 1 unspecified atom stereocenters. The third kappa shape index (κ3) is 3.85. The molecular weight excluding hydrogens is 294 g/mol. The van der Waals surface area contributed by atoms with Gasteiger partial charge in [-0.15, -0.1) is 0 Å². The van der Waals surface area contributed by atoms with E-state index in [1.54, 1.807) is 11.0 Å². The van der Waals surface area contributed by atoms with Gasteiger partial charge in [0, 0.05) is 24.7 Å². The number of nitrogens with zero attached hydrogens (tertiary/aromatic N) is 1. The van der Waals surface area contributed by atoms with Crippen LogP contribution in [0, 0.1) is 0 Å². The van der Waals surface area contributed by atoms with Crippen LogP contribution < -0.4 is 14.8 Å². The molecule has 7 heteroatoms. The van der Waals surface area contributed by atoms with Crippen molar-refractivity contribution in [2.24, 2.45) is 0 Å². The summed E-state index contributed by atoms with van der Waals surface area (Å²) in [7, 11) is 3.22. The smallest absolute Gasteiger partial charge is 0.387 e. The SMILES string of the molecule is CNC1CCCN(C(=O)c2ccc(OC)c(OC(F)F)c2)C1. The Morgan fingerprint density at radius 1 is 1.41 bits per heavy atom. The molecule has 0 aliphatic carbocycles. The molecule has 1 aliphatic rings. The summed E-state index contributed by atoms with van der Waals surface area (Å²) in [4.78, 5) is 14.2. The third-order valence-corrected chi connectivity index (χ3v) is 3.74. The van der Waals surface area contributed by atoms with Gasteiger partial charge in [-0.25, -0.2) is 0 Å². The second-order valence-corrected chi connectivity index (χ2v) is 5.12. The molecule has 122 valence electrons. The number of nitrogens with one attached hydrogen (secondary N) is 1. The topological polar surface area (TPSA) is 50.8 Å². The molecule has 0 aromatic heterocycles. The standard InChI is InChI=1S/C15H20F2N2O3/c1-18-11-4-3-7-19(9-11)14(20)10-5-6-12(21-2)13(8-10)22-15(16)17/h5-6,8,11,15,18H,3-4,7,9H2,1-2H3. The van der Waals surface area contributed by atoms with Crippen molar-refractivity contribution in [2.75, 3.05) is 27.2 Å². The van der Waals surface area contributed by atoms with Gasteiger partial charge in [-0.2, -0.15) is 8.78 Å². The van der Waals surface area contributed by atoms with Crippen LogP contribution in [0.3, 0.4) is 0 Å². The van der Waals surface area contributed by atoms with Crippen LogP contribution in [0.15, 0.2) is 18.2 Å². The predicted octanol–water partition coefficient (Wildman–Crippen LogP) is 2.12. The van der Waals surface area contributed by atoms with Crippen LogP contribution in [-0.2, 0) is 0 Å². The van der Waals surface area contributed by atoms with Crippen molar-refractivity contribution in [3.8, 4) is 11.5 Å². The van der Waals surface area contributed by atoms with Gasteiger partial charge in [0.25, 0.3) is 5.91 Å². The van der Waals surface area contributed by atoms with Crippen LogP contribution in [0.25, 0.3) is 0 Å². The Morgan fingerprint density at radius 2 is 2.18 bits per heavy atom. The van der Waals surface area contributed by atoms with Crippen molar-refractivity contribution in [3.63, 3.8) is 0 Å². The van der Waals surface area contributed by atoms with E-state index in [1.165, 1.54) is 19.2 Å². The molecule has 22 heavy (non-hydrogen) atoms. The number of rotatable bonds is 5. The quantitative estimate of drug-likeness (QED) is 0.904. The number of carbonyl (C=O) groups is 1. The second-order valence-electron chi connectivity index (χ2n) is 5.12. The van der Waals surface area contributed by atoms with E-state index < -0.39 is 6.61 Å². The highest BCUT2D eigenvalue weighted by Crippen LogP contribution is 2.30. The van der Waals surface area contributed by atoms with Gasteiger partial charge in [0.05, 0.1) is 7.11 Å². The lowest BCUT2D eigenvalue weighted by Crippen LogP contribution is -2.46. The van der Waals surface area contributed by atoms with E-state index in [4.69, 9.17) is 4.74 Å². The maximum Gasteiger partial charge on any atom is 0.387 e. The Hall–Kier alpha value is -1.89. The lowest BCUT2D eigenvalue weighted by Gasteiger charge is -2.32. The van der Waals surface area contributed by atoms with Crippen LogP contribution >= 0.6 is 0 Å². The van der Waals surface area contributed by atoms with E-state index in [-0.39, 0.29) is 23.4 Å². The molecule has 1 fully saturated rings. The summed E-state index contributed by atoms with van der Waals surface area (Å²) in [5.41, 5.74) is 0.313. The zero-order chi connectivity index (χ0) is 16.1. The van der Waals surface area contributed by atoms with Crippen molar-refractivity contribution in [1.82, 2.24) is 10.2 Å². The van der Waals surface area contributed by atoms with E-state index in [0.717, 1.165) is 12.8 Å². The maximum atomic E-state index is 12.5. The van der Waals surface area contributed by atoms with Crippen LogP contribution in [0.2, 0.25) is 0 Å². The van der Waals surface area contributed by atoms with Gasteiger partial charge in [-0.05, 0) is 38.1 Å². The number of benzene rings is 1. The Balaban J connectivity index is 2.18. The second kappa shape index (κ2) is 7.40. The summed E-state index contributed by atoms with van der Waals surface area (Å²) in [6.07, 6.45) is 1.93. The van der Waals surface area contributed by atoms with E-state index >= 15 is 0 Å². The van der Waals surface area contributed by atoms with E-state index in [0.29, 0.717) is 18.7 Å². The minimum absolute atomic E-state index is 0.134. The molecule has 1 aliphatic heterocycles. The first kappa shape index (κ1) is 16.5. The van der Waals surface area contributed by atoms with E-state index in [2.05, 4.69) is 10.1 Å². The van der Waals surface area contributed by atoms with E-state index in [9.17, 15) is 13.6 Å². The summed E-state index contributed by atoms with van der Waals surface area (Å²) >= 11 is 0. The van der Waals surface area contributed by atoms with Gasteiger partial charge >= 0.3 is 6.61 Å². The van der Waals surface area contributed by atoms with Crippen LogP contribution in [0.1, 0.15) is 23.2 Å². The largest absolute Gasteiger partial charge is 0.493 e. The first-order chi connectivity index (χ1) is 10.5. The number of piperidine rings is 1. The first-order valence-electron chi connectivity index (χ1n) is 7.14. The molecular formula is C15H20F2N2O3. The molecule has 2 rings (SSSR count). The zero-order valence-corrected chi connectivity index (χ0v) is 12.6. The average Bonchev–Trinajstić information content (AvgIpc) is 2.53. The van der Waals surface area contributed by atoms with E-state index in [1.807, 2.05) is 7.05 Å². The third-order valence-electron chi connectivity index (χ3n) is 3.74. The summed E-state index contributed by atoms with van der Waals surface area (Å²) in [6, 6.07) is 4.58. The maximum absolute atomic E-state index is 12.5. The van der Waals surface area contributed by atoms with Crippen molar-refractivity contribution in [1.29, 1.82) is 0 Å². The Morgan fingerprint density at radius 3 is 2.82 bits per heavy atom. The molecule has 0 bridgehead atoms. The lowest BCUT2D eigenvalue weighted by atomic mass is 10.0. The van der Waals surface area contributed by atoms with Gasteiger partial charge in [0.1, 0.15) is 0 Å². The number of methoxy groups -OCH3 is 1. The molecule has 0 radical (unpaired) electrons. The summed E-state index contributed by atoms with van der Waals surface area (Å²) in [5, 5.41) is 3.16. The number of carbonyl (C=O) groups excluding carboxylic acids is 1. The molecule has 1 N–H and O–H groups in total. The molecule has 1 atom stereocenters. The molecule has 1 saturated heterocycles. The highest BCUT2D eigenvalue weighted by molar-refractivity contribution is 5.95. The molecule has 0 spiro atoms. The summed E-state index contributed by atoms with van der Waals surface area (Å²) in [5.74, 6) is -0.157. The van der Waals surface area contributed by atoms with Crippen molar-refractivity contribution >= 4 is 5.91 Å². The highest BCUT2D eigenvalue weighted by Gasteiger charge is 2.24. The van der Waals surface area contributed by atoms with Gasteiger partial charge < -0.3 is 19.7 Å². The number of hydrogen-bond acceptors (Lipinski definition) is 4. The van der Waals surface area contributed by atoms with Crippen LogP contribution in [0.4, 0.5) is 8.78 Å². The fraction of sp³-hybridized carbons (Fsp3) is 0.533. The number of halogens is 2. The van der Waals surface area contributed by atoms with Gasteiger partial charge in [-0.3, -0.25) is 4.79 Å². The number of alkyl halides is 2. The minimum atomic E-state index is -2.97.